The van der Waals surface area contributed by atoms with E-state index in [0.717, 1.165) is 27.8 Å². The minimum Gasteiger partial charge on any atom is -0.507 e. The molecule has 10 nitrogen and oxygen atoms in total. The molecule has 4 aromatic carbocycles. The average molecular weight is 573 g/mol. The van der Waals surface area contributed by atoms with Crippen molar-refractivity contribution in [3.63, 3.8) is 0 Å². The monoisotopic (exact) mass is 572 g/mol. The zero-order chi connectivity index (χ0) is 29.2. The molecule has 0 atom stereocenters. The van der Waals surface area contributed by atoms with Crippen molar-refractivity contribution in [2.45, 2.75) is 30.8 Å². The predicted molar refractivity (Wildman–Crippen MR) is 154 cm³/mol. The first kappa shape index (κ1) is 29.2. The summed E-state index contributed by atoms with van der Waals surface area (Å²) < 4.78 is 33.1. The van der Waals surface area contributed by atoms with Crippen LogP contribution in [0.1, 0.15) is 33.4 Å². The van der Waals surface area contributed by atoms with E-state index >= 15 is 0 Å². The Kier molecular flexibility index (Phi) is 9.60. The van der Waals surface area contributed by atoms with Crippen LogP contribution in [0.3, 0.4) is 0 Å². The molecule has 0 radical (unpaired) electrons. The molecule has 0 aliphatic heterocycles. The van der Waals surface area contributed by atoms with E-state index in [0.29, 0.717) is 18.4 Å². The predicted octanol–water partition coefficient (Wildman–Crippen LogP) is 6.42. The van der Waals surface area contributed by atoms with E-state index in [2.05, 4.69) is 14.7 Å². The fourth-order valence-corrected chi connectivity index (χ4v) is 5.18. The van der Waals surface area contributed by atoms with Crippen LogP contribution in [0, 0.1) is 0 Å². The number of carboxylic acid groups (broad SMARTS) is 1. The molecule has 0 aromatic heterocycles. The molecule has 210 valence electrons. The second kappa shape index (κ2) is 13.5. The van der Waals surface area contributed by atoms with Gasteiger partial charge in [0.2, 0.25) is 0 Å². The lowest BCUT2D eigenvalue weighted by molar-refractivity contribution is 0.123. The van der Waals surface area contributed by atoms with Gasteiger partial charge in [0.05, 0.1) is 18.1 Å². The number of hydrogen-bond donors (Lipinski definition) is 3. The van der Waals surface area contributed by atoms with Gasteiger partial charge in [-0.2, -0.15) is 0 Å². The largest absolute Gasteiger partial charge is 0.507 e. The fraction of sp³-hybridized carbons (Fsp3) is 0.167. The van der Waals surface area contributed by atoms with Gasteiger partial charge in [0.1, 0.15) is 5.75 Å². The molecule has 11 heteroatoms. The van der Waals surface area contributed by atoms with Gasteiger partial charge in [-0.1, -0.05) is 60.7 Å². The van der Waals surface area contributed by atoms with E-state index in [-0.39, 0.29) is 36.0 Å². The molecule has 0 saturated carbocycles. The number of nitrogens with zero attached hydrogens (tertiary/aromatic N) is 3. The number of aromatic hydroxyl groups is 1. The second-order valence-electron chi connectivity index (χ2n) is 9.29. The standard InChI is InChI=1S/C30H28N4O6S/c31-33-34-41(38,39)27-11-12-28(32-30(36)37)24(19-27)13-14-40-20-23-17-25(15-21-7-3-1-4-8-21)29(35)26(18-23)16-22-9-5-2-6-10-22/h1-12,17-19,32,35H,13-16,20H2,(H,36,37). The van der Waals surface area contributed by atoms with Crippen molar-refractivity contribution in [2.24, 2.45) is 4.52 Å². The molecular weight excluding hydrogens is 544 g/mol. The van der Waals surface area contributed by atoms with Crippen LogP contribution in [0.5, 0.6) is 5.75 Å². The Balaban J connectivity index is 1.54. The van der Waals surface area contributed by atoms with Crippen molar-refractivity contribution in [2.75, 3.05) is 11.9 Å². The maximum atomic E-state index is 12.2. The van der Waals surface area contributed by atoms with Crippen LogP contribution in [0.2, 0.25) is 0 Å². The van der Waals surface area contributed by atoms with Gasteiger partial charge in [-0.3, -0.25) is 5.32 Å². The van der Waals surface area contributed by atoms with Crippen LogP contribution >= 0.6 is 0 Å². The lowest BCUT2D eigenvalue weighted by atomic mass is 9.95. The van der Waals surface area contributed by atoms with Gasteiger partial charge in [-0.25, -0.2) is 13.2 Å². The Hall–Kier alpha value is -4.83. The van der Waals surface area contributed by atoms with Gasteiger partial charge in [0.15, 0.2) is 0 Å². The molecule has 0 aliphatic carbocycles. The van der Waals surface area contributed by atoms with E-state index in [4.69, 9.17) is 15.4 Å². The highest BCUT2D eigenvalue weighted by atomic mass is 32.2. The van der Waals surface area contributed by atoms with Crippen LogP contribution in [0.4, 0.5) is 10.5 Å². The molecule has 41 heavy (non-hydrogen) atoms. The fourth-order valence-electron chi connectivity index (χ4n) is 4.46. The highest BCUT2D eigenvalue weighted by molar-refractivity contribution is 7.90. The number of benzene rings is 4. The van der Waals surface area contributed by atoms with Crippen molar-refractivity contribution in [1.82, 2.24) is 0 Å². The molecule has 1 amide bonds. The molecule has 4 rings (SSSR count). The third-order valence-corrected chi connectivity index (χ3v) is 7.48. The summed E-state index contributed by atoms with van der Waals surface area (Å²) in [5.74, 6) is 0.240. The van der Waals surface area contributed by atoms with Gasteiger partial charge in [-0.15, -0.1) is 0 Å². The zero-order valence-electron chi connectivity index (χ0n) is 22.0. The minimum atomic E-state index is -4.25. The number of hydrogen-bond acceptors (Lipinski definition) is 5. The van der Waals surface area contributed by atoms with Crippen LogP contribution in [0.25, 0.3) is 10.4 Å². The van der Waals surface area contributed by atoms with E-state index in [1.54, 1.807) is 0 Å². The number of carbonyl (C=O) groups is 1. The Morgan fingerprint density at radius 1 is 0.854 bits per heavy atom. The number of amides is 1. The van der Waals surface area contributed by atoms with Crippen molar-refractivity contribution < 1.29 is 28.2 Å². The summed E-state index contributed by atoms with van der Waals surface area (Å²) in [6, 6.07) is 27.2. The normalized spacial score (nSPS) is 11.0. The first-order valence-electron chi connectivity index (χ1n) is 12.7. The van der Waals surface area contributed by atoms with Gasteiger partial charge in [0, 0.05) is 28.0 Å². The maximum absolute atomic E-state index is 12.2. The molecule has 4 aromatic rings. The highest BCUT2D eigenvalue weighted by Crippen LogP contribution is 2.30. The van der Waals surface area contributed by atoms with Crippen LogP contribution in [-0.4, -0.2) is 31.3 Å². The summed E-state index contributed by atoms with van der Waals surface area (Å²) in [5, 5.41) is 22.5. The van der Waals surface area contributed by atoms with Crippen molar-refractivity contribution in [3.05, 3.63) is 135 Å². The van der Waals surface area contributed by atoms with Crippen molar-refractivity contribution in [1.29, 1.82) is 0 Å². The molecule has 0 spiro atoms. The number of nitrogens with one attached hydrogen (secondary N) is 1. The van der Waals surface area contributed by atoms with Crippen molar-refractivity contribution in [3.8, 4) is 5.75 Å². The summed E-state index contributed by atoms with van der Waals surface area (Å²) in [7, 11) is -4.25. The highest BCUT2D eigenvalue weighted by Gasteiger charge is 2.16. The SMILES string of the molecule is [N-]=[N+]=NS(=O)(=O)c1ccc(NC(=O)O)c(CCOCc2cc(Cc3ccccc3)c(O)c(Cc3ccccc3)c2)c1. The Morgan fingerprint density at radius 2 is 1.44 bits per heavy atom. The van der Waals surface area contributed by atoms with Crippen LogP contribution in [0.15, 0.2) is 100 Å². The Labute approximate surface area is 237 Å². The number of phenolic OH excluding ortho intramolecular Hbond substituents is 1. The van der Waals surface area contributed by atoms with Gasteiger partial charge in [0.25, 0.3) is 10.0 Å². The van der Waals surface area contributed by atoms with Gasteiger partial charge < -0.3 is 14.9 Å². The van der Waals surface area contributed by atoms with Gasteiger partial charge in [-0.05, 0) is 75.7 Å². The first-order chi connectivity index (χ1) is 19.7. The van der Waals surface area contributed by atoms with Crippen LogP contribution in [-0.2, 0) is 40.6 Å². The first-order valence-corrected chi connectivity index (χ1v) is 14.1. The molecule has 0 aliphatic rings. The zero-order valence-corrected chi connectivity index (χ0v) is 22.8. The third-order valence-electron chi connectivity index (χ3n) is 6.35. The number of sulfonamides is 1. The number of azide groups is 1. The van der Waals surface area contributed by atoms with E-state index in [1.165, 1.54) is 18.2 Å². The summed E-state index contributed by atoms with van der Waals surface area (Å²) in [5.41, 5.74) is 13.6. The second-order valence-corrected chi connectivity index (χ2v) is 10.9. The quantitative estimate of drug-likeness (QED) is 0.0768. The van der Waals surface area contributed by atoms with E-state index < -0.39 is 16.1 Å². The molecular formula is C30H28N4O6S. The number of phenols is 1. The van der Waals surface area contributed by atoms with Crippen molar-refractivity contribution >= 4 is 21.8 Å². The molecule has 0 fully saturated rings. The minimum absolute atomic E-state index is 0.141. The third kappa shape index (κ3) is 8.09. The summed E-state index contributed by atoms with van der Waals surface area (Å²) in [6.45, 7) is 0.352. The lowest BCUT2D eigenvalue weighted by Crippen LogP contribution is -2.11. The summed E-state index contributed by atoms with van der Waals surface area (Å²) >= 11 is 0. The van der Waals surface area contributed by atoms with E-state index in [9.17, 15) is 18.3 Å². The number of anilines is 1. The number of ether oxygens (including phenoxy) is 1. The number of rotatable bonds is 12. The smallest absolute Gasteiger partial charge is 0.409 e. The average Bonchev–Trinajstić information content (AvgIpc) is 2.95. The molecule has 0 unspecified atom stereocenters. The molecule has 3 N–H and O–H groups in total. The molecule has 0 saturated heterocycles. The van der Waals surface area contributed by atoms with Gasteiger partial charge >= 0.3 is 6.09 Å². The topological polar surface area (TPSA) is 162 Å². The van der Waals surface area contributed by atoms with E-state index in [1.807, 2.05) is 72.8 Å². The molecule has 0 heterocycles. The van der Waals surface area contributed by atoms with Crippen LogP contribution < -0.4 is 5.32 Å². The maximum Gasteiger partial charge on any atom is 0.409 e. The molecule has 0 bridgehead atoms. The summed E-state index contributed by atoms with van der Waals surface area (Å²) in [6.07, 6.45) is -0.0438. The lowest BCUT2D eigenvalue weighted by Gasteiger charge is -2.15. The Morgan fingerprint density at radius 3 is 1.98 bits per heavy atom. The Bertz CT molecular complexity index is 1610. The summed E-state index contributed by atoms with van der Waals surface area (Å²) in [4.78, 5) is 13.3.